The molecule has 0 radical (unpaired) electrons. The summed E-state index contributed by atoms with van der Waals surface area (Å²) in [7, 11) is 1.64. The molecule has 0 aliphatic rings. The molecule has 5 heteroatoms. The molecule has 0 aliphatic carbocycles. The van der Waals surface area contributed by atoms with Crippen molar-refractivity contribution in [1.29, 1.82) is 0 Å². The zero-order valence-corrected chi connectivity index (χ0v) is 9.68. The topological polar surface area (TPSA) is 21.3 Å². The maximum atomic E-state index is 12.3. The molecule has 0 amide bonds. The van der Waals surface area contributed by atoms with Crippen molar-refractivity contribution >= 4 is 5.69 Å². The normalized spacial score (nSPS) is 11.5. The summed E-state index contributed by atoms with van der Waals surface area (Å²) >= 11 is 0. The van der Waals surface area contributed by atoms with Crippen LogP contribution in [0.5, 0.6) is 0 Å². The summed E-state index contributed by atoms with van der Waals surface area (Å²) in [6.07, 6.45) is -2.41. The molecule has 0 aliphatic heterocycles. The molecular weight excluding hydrogens is 231 g/mol. The summed E-state index contributed by atoms with van der Waals surface area (Å²) in [5, 5.41) is 3.06. The van der Waals surface area contributed by atoms with Crippen LogP contribution < -0.4 is 5.32 Å². The summed E-state index contributed by atoms with van der Waals surface area (Å²) in [5.41, 5.74) is 0.0813. The van der Waals surface area contributed by atoms with Gasteiger partial charge in [0.25, 0.3) is 0 Å². The Morgan fingerprint density at radius 2 is 1.76 bits per heavy atom. The van der Waals surface area contributed by atoms with Gasteiger partial charge in [-0.15, -0.1) is 0 Å². The molecule has 1 N–H and O–H groups in total. The second-order valence-corrected chi connectivity index (χ2v) is 3.70. The first kappa shape index (κ1) is 13.8. The van der Waals surface area contributed by atoms with E-state index in [0.717, 1.165) is 31.5 Å². The fourth-order valence-corrected chi connectivity index (χ4v) is 1.38. The number of rotatable bonds is 6. The Bertz CT molecular complexity index is 322. The maximum absolute atomic E-state index is 12.3. The number of unbranched alkanes of at least 4 members (excludes halogenated alkanes) is 1. The van der Waals surface area contributed by atoms with Gasteiger partial charge in [0.15, 0.2) is 0 Å². The minimum atomic E-state index is -4.27. The summed E-state index contributed by atoms with van der Waals surface area (Å²) in [4.78, 5) is 0. The first-order valence-corrected chi connectivity index (χ1v) is 5.44. The van der Waals surface area contributed by atoms with Crippen molar-refractivity contribution in [1.82, 2.24) is 0 Å². The van der Waals surface area contributed by atoms with Crippen LogP contribution in [0.1, 0.15) is 18.4 Å². The van der Waals surface area contributed by atoms with Gasteiger partial charge < -0.3 is 10.1 Å². The van der Waals surface area contributed by atoms with Gasteiger partial charge in [-0.1, -0.05) is 0 Å². The highest BCUT2D eigenvalue weighted by Gasteiger charge is 2.29. The zero-order chi connectivity index (χ0) is 12.7. The third-order valence-electron chi connectivity index (χ3n) is 2.32. The first-order valence-electron chi connectivity index (χ1n) is 5.44. The maximum Gasteiger partial charge on any atom is 0.416 e. The average Bonchev–Trinajstić information content (AvgIpc) is 2.28. The molecule has 0 bridgehead atoms. The molecule has 0 saturated heterocycles. The smallest absolute Gasteiger partial charge is 0.385 e. The summed E-state index contributed by atoms with van der Waals surface area (Å²) in [6, 6.07) is 5.05. The summed E-state index contributed by atoms with van der Waals surface area (Å²) in [5.74, 6) is 0. The van der Waals surface area contributed by atoms with Gasteiger partial charge in [0.05, 0.1) is 5.56 Å². The highest BCUT2D eigenvalue weighted by atomic mass is 19.4. The molecule has 96 valence electrons. The fraction of sp³-hybridized carbons (Fsp3) is 0.500. The van der Waals surface area contributed by atoms with E-state index >= 15 is 0 Å². The van der Waals surface area contributed by atoms with Crippen molar-refractivity contribution < 1.29 is 17.9 Å². The van der Waals surface area contributed by atoms with E-state index in [0.29, 0.717) is 12.3 Å². The Morgan fingerprint density at radius 1 is 1.12 bits per heavy atom. The molecule has 1 rings (SSSR count). The van der Waals surface area contributed by atoms with Crippen LogP contribution in [0.15, 0.2) is 24.3 Å². The van der Waals surface area contributed by atoms with Crippen LogP contribution in [0.2, 0.25) is 0 Å². The van der Waals surface area contributed by atoms with Crippen LogP contribution >= 0.6 is 0 Å². The molecule has 0 unspecified atom stereocenters. The van der Waals surface area contributed by atoms with Crippen molar-refractivity contribution in [3.8, 4) is 0 Å². The lowest BCUT2D eigenvalue weighted by molar-refractivity contribution is -0.137. The van der Waals surface area contributed by atoms with Crippen LogP contribution in [0.3, 0.4) is 0 Å². The molecule has 2 nitrogen and oxygen atoms in total. The second-order valence-electron chi connectivity index (χ2n) is 3.70. The fourth-order valence-electron chi connectivity index (χ4n) is 1.38. The molecule has 0 aromatic heterocycles. The number of hydrogen-bond acceptors (Lipinski definition) is 2. The summed E-state index contributed by atoms with van der Waals surface area (Å²) < 4.78 is 41.7. The van der Waals surface area contributed by atoms with Gasteiger partial charge in [-0.25, -0.2) is 0 Å². The van der Waals surface area contributed by atoms with Gasteiger partial charge in [-0.3, -0.25) is 0 Å². The van der Waals surface area contributed by atoms with Crippen LogP contribution in [-0.2, 0) is 10.9 Å². The molecule has 17 heavy (non-hydrogen) atoms. The monoisotopic (exact) mass is 247 g/mol. The van der Waals surface area contributed by atoms with Crippen LogP contribution in [-0.4, -0.2) is 20.3 Å². The van der Waals surface area contributed by atoms with E-state index in [9.17, 15) is 13.2 Å². The first-order chi connectivity index (χ1) is 8.04. The van der Waals surface area contributed by atoms with E-state index < -0.39 is 11.7 Å². The Hall–Kier alpha value is -1.23. The second kappa shape index (κ2) is 6.49. The minimum absolute atomic E-state index is 0.623. The number of benzene rings is 1. The predicted octanol–water partition coefficient (Wildman–Crippen LogP) is 3.54. The van der Waals surface area contributed by atoms with Gasteiger partial charge >= 0.3 is 6.18 Å². The highest BCUT2D eigenvalue weighted by molar-refractivity contribution is 5.44. The number of hydrogen-bond donors (Lipinski definition) is 1. The van der Waals surface area contributed by atoms with Gasteiger partial charge in [0, 0.05) is 25.9 Å². The Kier molecular flexibility index (Phi) is 5.28. The standard InChI is InChI=1S/C12H16F3NO/c1-17-9-3-2-8-16-11-6-4-10(5-7-11)12(13,14)15/h4-7,16H,2-3,8-9H2,1H3. The van der Waals surface area contributed by atoms with Crippen LogP contribution in [0.25, 0.3) is 0 Å². The number of halogens is 3. The zero-order valence-electron chi connectivity index (χ0n) is 9.68. The Balaban J connectivity index is 2.36. The van der Waals surface area contributed by atoms with Gasteiger partial charge in [-0.05, 0) is 37.1 Å². The van der Waals surface area contributed by atoms with Crippen LogP contribution in [0, 0.1) is 0 Å². The molecule has 0 spiro atoms. The van der Waals surface area contributed by atoms with E-state index in [1.165, 1.54) is 12.1 Å². The van der Waals surface area contributed by atoms with E-state index in [2.05, 4.69) is 5.32 Å². The van der Waals surface area contributed by atoms with Crippen molar-refractivity contribution in [3.63, 3.8) is 0 Å². The van der Waals surface area contributed by atoms with Crippen LogP contribution in [0.4, 0.5) is 18.9 Å². The Morgan fingerprint density at radius 3 is 2.29 bits per heavy atom. The molecule has 1 aromatic rings. The number of ether oxygens (including phenoxy) is 1. The van der Waals surface area contributed by atoms with Crippen molar-refractivity contribution in [2.24, 2.45) is 0 Å². The van der Waals surface area contributed by atoms with Gasteiger partial charge in [-0.2, -0.15) is 13.2 Å². The predicted molar refractivity (Wildman–Crippen MR) is 61.0 cm³/mol. The number of methoxy groups -OCH3 is 1. The van der Waals surface area contributed by atoms with Gasteiger partial charge in [0.1, 0.15) is 0 Å². The van der Waals surface area contributed by atoms with Gasteiger partial charge in [0.2, 0.25) is 0 Å². The minimum Gasteiger partial charge on any atom is -0.385 e. The molecule has 0 saturated carbocycles. The molecule has 1 aromatic carbocycles. The lowest BCUT2D eigenvalue weighted by Crippen LogP contribution is -2.06. The number of alkyl halides is 3. The van der Waals surface area contributed by atoms with E-state index in [-0.39, 0.29) is 0 Å². The molecule has 0 fully saturated rings. The molecule has 0 heterocycles. The highest BCUT2D eigenvalue weighted by Crippen LogP contribution is 2.29. The third-order valence-corrected chi connectivity index (χ3v) is 2.32. The quantitative estimate of drug-likeness (QED) is 0.776. The lowest BCUT2D eigenvalue weighted by Gasteiger charge is -2.09. The third kappa shape index (κ3) is 5.08. The Labute approximate surface area is 98.8 Å². The number of anilines is 1. The van der Waals surface area contributed by atoms with E-state index in [1.807, 2.05) is 0 Å². The van der Waals surface area contributed by atoms with Crippen molar-refractivity contribution in [3.05, 3.63) is 29.8 Å². The average molecular weight is 247 g/mol. The lowest BCUT2D eigenvalue weighted by atomic mass is 10.2. The SMILES string of the molecule is COCCCCNc1ccc(C(F)(F)F)cc1. The van der Waals surface area contributed by atoms with Crippen molar-refractivity contribution in [2.45, 2.75) is 19.0 Å². The van der Waals surface area contributed by atoms with E-state index in [1.54, 1.807) is 7.11 Å². The number of nitrogens with one attached hydrogen (secondary N) is 1. The van der Waals surface area contributed by atoms with E-state index in [4.69, 9.17) is 4.74 Å². The largest absolute Gasteiger partial charge is 0.416 e. The molecule has 0 atom stereocenters. The summed E-state index contributed by atoms with van der Waals surface area (Å²) in [6.45, 7) is 1.43. The van der Waals surface area contributed by atoms with Crippen molar-refractivity contribution in [2.75, 3.05) is 25.6 Å². The molecular formula is C12H16F3NO.